The lowest BCUT2D eigenvalue weighted by Crippen LogP contribution is -2.48. The summed E-state index contributed by atoms with van der Waals surface area (Å²) in [6.07, 6.45) is 6.89. The van der Waals surface area contributed by atoms with Crippen molar-refractivity contribution in [3.63, 3.8) is 0 Å². The van der Waals surface area contributed by atoms with Crippen molar-refractivity contribution in [2.75, 3.05) is 19.6 Å². The first kappa shape index (κ1) is 12.5. The Morgan fingerprint density at radius 2 is 1.93 bits per heavy atom. The molecule has 1 heterocycles. The van der Waals surface area contributed by atoms with Gasteiger partial charge in [-0.15, -0.1) is 0 Å². The minimum atomic E-state index is 0.181. The second-order valence-electron chi connectivity index (χ2n) is 4.22. The highest BCUT2D eigenvalue weighted by molar-refractivity contribution is 5.72. The van der Waals surface area contributed by atoms with E-state index in [1.54, 1.807) is 6.92 Å². The number of carbonyl (C=O) groups is 1. The predicted molar refractivity (Wildman–Crippen MR) is 62.0 cm³/mol. The summed E-state index contributed by atoms with van der Waals surface area (Å²) in [5.41, 5.74) is 0. The van der Waals surface area contributed by atoms with E-state index in [9.17, 15) is 4.79 Å². The molecule has 15 heavy (non-hydrogen) atoms. The van der Waals surface area contributed by atoms with E-state index in [2.05, 4.69) is 11.9 Å². The third-order valence-corrected chi connectivity index (χ3v) is 2.91. The summed E-state index contributed by atoms with van der Waals surface area (Å²) in [5.74, 6) is 0.181. The summed E-state index contributed by atoms with van der Waals surface area (Å²) >= 11 is 0. The number of piperidine rings is 1. The summed E-state index contributed by atoms with van der Waals surface area (Å²) in [7, 11) is 0. The van der Waals surface area contributed by atoms with Crippen LogP contribution in [0.4, 0.5) is 0 Å². The molecule has 0 saturated carbocycles. The largest absolute Gasteiger partial charge is 0.276 e. The van der Waals surface area contributed by atoms with Gasteiger partial charge >= 0.3 is 0 Å². The molecule has 1 amide bonds. The third-order valence-electron chi connectivity index (χ3n) is 2.91. The fraction of sp³-hybridized carbons (Fsp3) is 0.833. The highest BCUT2D eigenvalue weighted by Crippen LogP contribution is 2.12. The van der Waals surface area contributed by atoms with Gasteiger partial charge in [-0.05, 0) is 19.3 Å². The number of nitrogens with zero attached hydrogens (tertiary/aromatic N) is 2. The van der Waals surface area contributed by atoms with Crippen molar-refractivity contribution < 1.29 is 4.79 Å². The molecule has 0 N–H and O–H groups in total. The van der Waals surface area contributed by atoms with Crippen molar-refractivity contribution in [1.82, 2.24) is 10.0 Å². The Labute approximate surface area is 93.4 Å². The van der Waals surface area contributed by atoms with Gasteiger partial charge in [0.05, 0.1) is 0 Å². The van der Waals surface area contributed by atoms with Crippen LogP contribution in [0.1, 0.15) is 45.4 Å². The van der Waals surface area contributed by atoms with Gasteiger partial charge in [-0.25, -0.2) is 5.01 Å². The van der Waals surface area contributed by atoms with Gasteiger partial charge in [-0.1, -0.05) is 26.2 Å². The van der Waals surface area contributed by atoms with Gasteiger partial charge in [0, 0.05) is 26.6 Å². The normalized spacial score (nSPS) is 17.7. The maximum absolute atomic E-state index is 11.5. The van der Waals surface area contributed by atoms with Gasteiger partial charge in [0.25, 0.3) is 0 Å². The maximum Gasteiger partial charge on any atom is 0.233 e. The molecular formula is C12H23N2O. The van der Waals surface area contributed by atoms with Crippen molar-refractivity contribution in [1.29, 1.82) is 0 Å². The van der Waals surface area contributed by atoms with E-state index in [-0.39, 0.29) is 5.91 Å². The zero-order valence-electron chi connectivity index (χ0n) is 9.87. The molecule has 3 nitrogen and oxygen atoms in total. The highest BCUT2D eigenvalue weighted by Gasteiger charge is 2.19. The molecule has 0 aliphatic carbocycles. The van der Waals surface area contributed by atoms with Gasteiger partial charge in [-0.2, -0.15) is 0 Å². The second kappa shape index (κ2) is 6.83. The minimum absolute atomic E-state index is 0.181. The Balaban J connectivity index is 2.37. The Kier molecular flexibility index (Phi) is 5.69. The van der Waals surface area contributed by atoms with E-state index in [0.29, 0.717) is 0 Å². The number of unbranched alkanes of at least 4 members (excludes halogenated alkanes) is 2. The molecule has 0 spiro atoms. The monoisotopic (exact) mass is 211 g/mol. The lowest BCUT2D eigenvalue weighted by Gasteiger charge is -2.36. The molecule has 87 valence electrons. The van der Waals surface area contributed by atoms with E-state index in [1.807, 2.05) is 5.01 Å². The van der Waals surface area contributed by atoms with Gasteiger partial charge in [-0.3, -0.25) is 9.80 Å². The molecule has 1 aliphatic rings. The quantitative estimate of drug-likeness (QED) is 0.651. The summed E-state index contributed by atoms with van der Waals surface area (Å²) in [6.45, 7) is 8.45. The molecule has 1 radical (unpaired) electrons. The maximum atomic E-state index is 11.5. The van der Waals surface area contributed by atoms with Crippen LogP contribution < -0.4 is 0 Å². The summed E-state index contributed by atoms with van der Waals surface area (Å²) in [4.78, 5) is 11.5. The summed E-state index contributed by atoms with van der Waals surface area (Å²) in [5, 5.41) is 4.14. The first-order chi connectivity index (χ1) is 7.25. The molecule has 0 aromatic heterocycles. The van der Waals surface area contributed by atoms with Crippen molar-refractivity contribution >= 4 is 5.91 Å². The van der Waals surface area contributed by atoms with E-state index >= 15 is 0 Å². The fourth-order valence-corrected chi connectivity index (χ4v) is 2.06. The number of hydrogen-bond acceptors (Lipinski definition) is 2. The Morgan fingerprint density at radius 3 is 2.47 bits per heavy atom. The zero-order valence-corrected chi connectivity index (χ0v) is 9.87. The average Bonchev–Trinajstić information content (AvgIpc) is 2.25. The number of rotatable bonds is 5. The SMILES string of the molecule is [CH2]CCCCN(C(C)=O)N1CCCCC1. The second-order valence-corrected chi connectivity index (χ2v) is 4.22. The Hall–Kier alpha value is -0.570. The van der Waals surface area contributed by atoms with Crippen LogP contribution in [0, 0.1) is 6.92 Å². The first-order valence-electron chi connectivity index (χ1n) is 6.08. The molecule has 0 unspecified atom stereocenters. The van der Waals surface area contributed by atoms with Crippen molar-refractivity contribution in [2.45, 2.75) is 45.4 Å². The van der Waals surface area contributed by atoms with Crippen molar-refractivity contribution in [3.05, 3.63) is 6.92 Å². The smallest absolute Gasteiger partial charge is 0.233 e. The molecular weight excluding hydrogens is 188 g/mol. The average molecular weight is 211 g/mol. The van der Waals surface area contributed by atoms with Crippen LogP contribution in [0.15, 0.2) is 0 Å². The number of hydrogen-bond donors (Lipinski definition) is 0. The highest BCUT2D eigenvalue weighted by atomic mass is 16.2. The standard InChI is InChI=1S/C12H23N2O/c1-3-4-6-11-14(12(2)15)13-9-7-5-8-10-13/h1,3-11H2,2H3. The zero-order chi connectivity index (χ0) is 11.1. The first-order valence-corrected chi connectivity index (χ1v) is 6.08. The van der Waals surface area contributed by atoms with E-state index < -0.39 is 0 Å². The lowest BCUT2D eigenvalue weighted by atomic mass is 10.1. The van der Waals surface area contributed by atoms with E-state index in [1.165, 1.54) is 19.3 Å². The fourth-order valence-electron chi connectivity index (χ4n) is 2.06. The number of carbonyl (C=O) groups excluding carboxylic acids is 1. The van der Waals surface area contributed by atoms with Crippen LogP contribution in [0.5, 0.6) is 0 Å². The van der Waals surface area contributed by atoms with Crippen molar-refractivity contribution in [2.24, 2.45) is 0 Å². The molecule has 1 aliphatic heterocycles. The molecule has 1 fully saturated rings. The van der Waals surface area contributed by atoms with Gasteiger partial charge < -0.3 is 0 Å². The molecule has 3 heteroatoms. The molecule has 0 aromatic carbocycles. The lowest BCUT2D eigenvalue weighted by molar-refractivity contribution is -0.148. The molecule has 0 bridgehead atoms. The van der Waals surface area contributed by atoms with Crippen LogP contribution in [0.2, 0.25) is 0 Å². The molecule has 1 saturated heterocycles. The summed E-state index contributed by atoms with van der Waals surface area (Å²) < 4.78 is 0. The van der Waals surface area contributed by atoms with Crippen molar-refractivity contribution in [3.8, 4) is 0 Å². The van der Waals surface area contributed by atoms with Crippen LogP contribution in [0.3, 0.4) is 0 Å². The Bertz CT molecular complexity index is 188. The van der Waals surface area contributed by atoms with E-state index in [4.69, 9.17) is 0 Å². The number of amides is 1. The van der Waals surface area contributed by atoms with Gasteiger partial charge in [0.2, 0.25) is 5.91 Å². The van der Waals surface area contributed by atoms with E-state index in [0.717, 1.165) is 38.9 Å². The third kappa shape index (κ3) is 4.20. The molecule has 0 atom stereocenters. The minimum Gasteiger partial charge on any atom is -0.276 e. The number of hydrazine groups is 1. The van der Waals surface area contributed by atoms with Gasteiger partial charge in [0.15, 0.2) is 0 Å². The predicted octanol–water partition coefficient (Wildman–Crippen LogP) is 2.24. The molecule has 1 rings (SSSR count). The van der Waals surface area contributed by atoms with Crippen LogP contribution in [-0.4, -0.2) is 35.6 Å². The van der Waals surface area contributed by atoms with Crippen LogP contribution in [0.25, 0.3) is 0 Å². The summed E-state index contributed by atoms with van der Waals surface area (Å²) in [6, 6.07) is 0. The van der Waals surface area contributed by atoms with Crippen LogP contribution in [-0.2, 0) is 4.79 Å². The topological polar surface area (TPSA) is 23.6 Å². The molecule has 0 aromatic rings. The van der Waals surface area contributed by atoms with Gasteiger partial charge in [0.1, 0.15) is 0 Å². The van der Waals surface area contributed by atoms with Crippen LogP contribution >= 0.6 is 0 Å². The Morgan fingerprint density at radius 1 is 1.27 bits per heavy atom.